The smallest absolute Gasteiger partial charge is 0.163 e. The third-order valence-corrected chi connectivity index (χ3v) is 2.70. The van der Waals surface area contributed by atoms with E-state index in [0.29, 0.717) is 6.61 Å². The Labute approximate surface area is 94.9 Å². The first kappa shape index (κ1) is 11.5. The highest BCUT2D eigenvalue weighted by atomic mass is 16.5. The molecule has 16 heavy (non-hydrogen) atoms. The van der Waals surface area contributed by atoms with Crippen molar-refractivity contribution in [3.63, 3.8) is 0 Å². The van der Waals surface area contributed by atoms with Crippen molar-refractivity contribution in [3.05, 3.63) is 11.6 Å². The number of aryl methyl sites for hydroxylation is 1. The molecule has 90 valence electrons. The summed E-state index contributed by atoms with van der Waals surface area (Å²) in [5.74, 6) is 1.79. The van der Waals surface area contributed by atoms with Crippen molar-refractivity contribution in [1.29, 1.82) is 0 Å². The summed E-state index contributed by atoms with van der Waals surface area (Å²) in [6.07, 6.45) is 0.00630. The third-order valence-electron chi connectivity index (χ3n) is 2.70. The monoisotopic (exact) mass is 226 g/mol. The number of nitrogens with zero attached hydrogens (tertiary/aromatic N) is 3. The van der Waals surface area contributed by atoms with Gasteiger partial charge in [0, 0.05) is 26.7 Å². The minimum Gasteiger partial charge on any atom is -0.383 e. The van der Waals surface area contributed by atoms with Gasteiger partial charge in [-0.3, -0.25) is 0 Å². The van der Waals surface area contributed by atoms with E-state index in [9.17, 15) is 0 Å². The first-order chi connectivity index (χ1) is 7.83. The SMILES string of the molecule is COCCn1c(C)nnc1C1CNCCO1. The Bertz CT molecular complexity index is 334. The van der Waals surface area contributed by atoms with Gasteiger partial charge in [-0.15, -0.1) is 10.2 Å². The van der Waals surface area contributed by atoms with Crippen LogP contribution >= 0.6 is 0 Å². The van der Waals surface area contributed by atoms with Gasteiger partial charge < -0.3 is 19.4 Å². The van der Waals surface area contributed by atoms with Crippen molar-refractivity contribution in [2.24, 2.45) is 0 Å². The summed E-state index contributed by atoms with van der Waals surface area (Å²) < 4.78 is 12.8. The van der Waals surface area contributed by atoms with Crippen LogP contribution in [-0.2, 0) is 16.0 Å². The number of morpholine rings is 1. The minimum atomic E-state index is 0.00630. The van der Waals surface area contributed by atoms with Gasteiger partial charge >= 0.3 is 0 Å². The highest BCUT2D eigenvalue weighted by Crippen LogP contribution is 2.17. The van der Waals surface area contributed by atoms with E-state index < -0.39 is 0 Å². The van der Waals surface area contributed by atoms with E-state index in [1.807, 2.05) is 6.92 Å². The van der Waals surface area contributed by atoms with Gasteiger partial charge in [0.2, 0.25) is 0 Å². The van der Waals surface area contributed by atoms with Crippen LogP contribution in [-0.4, -0.2) is 48.2 Å². The molecule has 0 spiro atoms. The summed E-state index contributed by atoms with van der Waals surface area (Å²) in [5, 5.41) is 11.6. The van der Waals surface area contributed by atoms with Crippen molar-refractivity contribution in [3.8, 4) is 0 Å². The predicted molar refractivity (Wildman–Crippen MR) is 58.2 cm³/mol. The van der Waals surface area contributed by atoms with Crippen LogP contribution in [0.15, 0.2) is 0 Å². The van der Waals surface area contributed by atoms with E-state index in [1.54, 1.807) is 7.11 Å². The fraction of sp³-hybridized carbons (Fsp3) is 0.800. The molecule has 0 aliphatic carbocycles. The molecule has 1 atom stereocenters. The molecule has 1 aliphatic rings. The Morgan fingerprint density at radius 1 is 1.56 bits per heavy atom. The number of methoxy groups -OCH3 is 1. The van der Waals surface area contributed by atoms with Crippen LogP contribution in [0.25, 0.3) is 0 Å². The van der Waals surface area contributed by atoms with Gasteiger partial charge in [-0.05, 0) is 6.92 Å². The van der Waals surface area contributed by atoms with Crippen LogP contribution in [0.5, 0.6) is 0 Å². The molecule has 6 nitrogen and oxygen atoms in total. The van der Waals surface area contributed by atoms with Crippen LogP contribution in [0.3, 0.4) is 0 Å². The molecule has 0 radical (unpaired) electrons. The quantitative estimate of drug-likeness (QED) is 0.776. The summed E-state index contributed by atoms with van der Waals surface area (Å²) in [7, 11) is 1.69. The number of hydrogen-bond acceptors (Lipinski definition) is 5. The molecule has 0 amide bonds. The molecule has 1 unspecified atom stereocenters. The summed E-state index contributed by atoms with van der Waals surface area (Å²) in [6, 6.07) is 0. The van der Waals surface area contributed by atoms with Crippen molar-refractivity contribution in [2.75, 3.05) is 33.4 Å². The molecule has 1 saturated heterocycles. The first-order valence-corrected chi connectivity index (χ1v) is 5.54. The lowest BCUT2D eigenvalue weighted by atomic mass is 10.3. The Morgan fingerprint density at radius 3 is 3.12 bits per heavy atom. The molecule has 1 aliphatic heterocycles. The van der Waals surface area contributed by atoms with Crippen molar-refractivity contribution < 1.29 is 9.47 Å². The lowest BCUT2D eigenvalue weighted by molar-refractivity contribution is 0.0189. The van der Waals surface area contributed by atoms with Crippen molar-refractivity contribution in [2.45, 2.75) is 19.6 Å². The van der Waals surface area contributed by atoms with Gasteiger partial charge in [0.1, 0.15) is 11.9 Å². The topological polar surface area (TPSA) is 61.2 Å². The van der Waals surface area contributed by atoms with Crippen LogP contribution in [0.1, 0.15) is 17.8 Å². The second-order valence-electron chi connectivity index (χ2n) is 3.81. The van der Waals surface area contributed by atoms with Gasteiger partial charge in [0.15, 0.2) is 5.82 Å². The minimum absolute atomic E-state index is 0.00630. The molecular weight excluding hydrogens is 208 g/mol. The van der Waals surface area contributed by atoms with E-state index in [-0.39, 0.29) is 6.10 Å². The van der Waals surface area contributed by atoms with Gasteiger partial charge in [-0.2, -0.15) is 0 Å². The Hall–Kier alpha value is -0.980. The fourth-order valence-corrected chi connectivity index (χ4v) is 1.83. The van der Waals surface area contributed by atoms with E-state index in [0.717, 1.165) is 37.9 Å². The van der Waals surface area contributed by atoms with Gasteiger partial charge in [-0.25, -0.2) is 0 Å². The van der Waals surface area contributed by atoms with Gasteiger partial charge in [-0.1, -0.05) is 0 Å². The van der Waals surface area contributed by atoms with Crippen molar-refractivity contribution in [1.82, 2.24) is 20.1 Å². The lowest BCUT2D eigenvalue weighted by Gasteiger charge is -2.23. The number of nitrogens with one attached hydrogen (secondary N) is 1. The summed E-state index contributed by atoms with van der Waals surface area (Å²) >= 11 is 0. The highest BCUT2D eigenvalue weighted by Gasteiger charge is 2.22. The Balaban J connectivity index is 2.12. The summed E-state index contributed by atoms with van der Waals surface area (Å²) in [6.45, 7) is 5.80. The molecule has 1 fully saturated rings. The lowest BCUT2D eigenvalue weighted by Crippen LogP contribution is -2.35. The van der Waals surface area contributed by atoms with E-state index >= 15 is 0 Å². The molecule has 0 bridgehead atoms. The normalized spacial score (nSPS) is 21.2. The number of hydrogen-bond donors (Lipinski definition) is 1. The zero-order chi connectivity index (χ0) is 11.4. The average Bonchev–Trinajstić information content (AvgIpc) is 2.69. The standard InChI is InChI=1S/C10H18N4O2/c1-8-12-13-10(14(8)4-6-15-2)9-7-11-3-5-16-9/h9,11H,3-7H2,1-2H3. The van der Waals surface area contributed by atoms with Crippen LogP contribution in [0.2, 0.25) is 0 Å². The molecule has 1 N–H and O–H groups in total. The number of rotatable bonds is 4. The van der Waals surface area contributed by atoms with Crippen molar-refractivity contribution >= 4 is 0 Å². The zero-order valence-electron chi connectivity index (χ0n) is 9.77. The molecule has 2 heterocycles. The maximum Gasteiger partial charge on any atom is 0.163 e. The third kappa shape index (κ3) is 2.40. The molecule has 0 saturated carbocycles. The fourth-order valence-electron chi connectivity index (χ4n) is 1.83. The van der Waals surface area contributed by atoms with E-state index in [2.05, 4.69) is 20.1 Å². The maximum atomic E-state index is 5.67. The largest absolute Gasteiger partial charge is 0.383 e. The number of ether oxygens (including phenoxy) is 2. The van der Waals surface area contributed by atoms with Gasteiger partial charge in [0.25, 0.3) is 0 Å². The zero-order valence-corrected chi connectivity index (χ0v) is 9.77. The van der Waals surface area contributed by atoms with Crippen LogP contribution in [0, 0.1) is 6.92 Å². The van der Waals surface area contributed by atoms with E-state index in [4.69, 9.17) is 9.47 Å². The number of aromatic nitrogens is 3. The summed E-state index contributed by atoms with van der Waals surface area (Å²) in [5.41, 5.74) is 0. The average molecular weight is 226 g/mol. The van der Waals surface area contributed by atoms with Crippen LogP contribution in [0.4, 0.5) is 0 Å². The second kappa shape index (κ2) is 5.38. The summed E-state index contributed by atoms with van der Waals surface area (Å²) in [4.78, 5) is 0. The van der Waals surface area contributed by atoms with Gasteiger partial charge in [0.05, 0.1) is 13.2 Å². The molecular formula is C10H18N4O2. The van der Waals surface area contributed by atoms with E-state index in [1.165, 1.54) is 0 Å². The molecule has 1 aromatic rings. The Morgan fingerprint density at radius 2 is 2.44 bits per heavy atom. The van der Waals surface area contributed by atoms with Crippen LogP contribution < -0.4 is 5.32 Å². The molecule has 1 aromatic heterocycles. The Kier molecular flexibility index (Phi) is 3.87. The maximum absolute atomic E-state index is 5.67. The highest BCUT2D eigenvalue weighted by molar-refractivity contribution is 4.99. The molecule has 6 heteroatoms. The molecule has 0 aromatic carbocycles. The molecule has 2 rings (SSSR count). The predicted octanol–water partition coefficient (Wildman–Crippen LogP) is -0.106. The first-order valence-electron chi connectivity index (χ1n) is 5.54. The second-order valence-corrected chi connectivity index (χ2v) is 3.81.